The number of aliphatic hydroxyl groups is 1. The molecule has 0 heterocycles. The van der Waals surface area contributed by atoms with Crippen LogP contribution in [0, 0.1) is 0 Å². The van der Waals surface area contributed by atoms with Crippen molar-refractivity contribution >= 4 is 5.91 Å². The Morgan fingerprint density at radius 3 is 1.93 bits per heavy atom. The number of hydrogen-bond donors (Lipinski definition) is 6. The predicted molar refractivity (Wildman–Crippen MR) is 56.5 cm³/mol. The molecule has 86 valence electrons. The third-order valence-electron chi connectivity index (χ3n) is 0.871. The number of hydrogen-bond acceptors (Lipinski definition) is 6. The van der Waals surface area contributed by atoms with Gasteiger partial charge in [0.15, 0.2) is 0 Å². The maximum absolute atomic E-state index is 10.3. The van der Waals surface area contributed by atoms with Crippen LogP contribution in [0.3, 0.4) is 0 Å². The Morgan fingerprint density at radius 2 is 1.93 bits per heavy atom. The Kier molecular flexibility index (Phi) is 24.0. The van der Waals surface area contributed by atoms with Crippen LogP contribution in [-0.4, -0.2) is 31.2 Å². The van der Waals surface area contributed by atoms with Crippen molar-refractivity contribution in [3.63, 3.8) is 0 Å². The second-order valence-corrected chi connectivity index (χ2v) is 2.04. The van der Waals surface area contributed by atoms with E-state index in [1.165, 1.54) is 0 Å². The first-order valence-electron chi connectivity index (χ1n) is 3.85. The highest BCUT2D eigenvalue weighted by atomic mass is 16.3. The number of carbonyl (C=O) groups excluding carboxylic acids is 1. The van der Waals surface area contributed by atoms with Gasteiger partial charge in [-0.15, -0.1) is 0 Å². The van der Waals surface area contributed by atoms with Gasteiger partial charge in [0, 0.05) is 19.2 Å². The molecular weight excluding hydrogens is 186 g/mol. The summed E-state index contributed by atoms with van der Waals surface area (Å²) in [4.78, 5) is 10.3. The molecular formula is C7H21N5O2. The van der Waals surface area contributed by atoms with Crippen molar-refractivity contribution in [2.24, 2.45) is 17.5 Å². The van der Waals surface area contributed by atoms with E-state index in [1.807, 2.05) is 0 Å². The smallest absolute Gasteiger partial charge is 0.246 e. The third-order valence-corrected chi connectivity index (χ3v) is 0.871. The summed E-state index contributed by atoms with van der Waals surface area (Å²) < 4.78 is 0. The summed E-state index contributed by atoms with van der Waals surface area (Å²) in [6.07, 6.45) is 0. The summed E-state index contributed by atoms with van der Waals surface area (Å²) in [5.41, 5.74) is 2.81. The zero-order valence-corrected chi connectivity index (χ0v) is 8.71. The molecule has 0 spiro atoms. The number of carbonyl (C=O) groups is 1. The minimum absolute atomic E-state index is 0.0972. The number of aliphatic hydroxyl groups excluding tert-OH is 1. The average molecular weight is 207 g/mol. The normalized spacial score (nSPS) is 7.29. The van der Waals surface area contributed by atoms with Gasteiger partial charge in [0.25, 0.3) is 0 Å². The van der Waals surface area contributed by atoms with Crippen LogP contribution in [0.4, 0.5) is 0 Å². The van der Waals surface area contributed by atoms with Gasteiger partial charge in [0.2, 0.25) is 5.91 Å². The Balaban J connectivity index is -0.000000152. The van der Waals surface area contributed by atoms with Gasteiger partial charge in [-0.1, -0.05) is 6.58 Å². The Labute approximate surface area is 84.3 Å². The van der Waals surface area contributed by atoms with Crippen LogP contribution in [0.1, 0.15) is 6.92 Å². The molecule has 1 amide bonds. The average Bonchev–Trinajstić information content (AvgIpc) is 2.21. The highest BCUT2D eigenvalue weighted by Crippen LogP contribution is 1.81. The fourth-order valence-electron chi connectivity index (χ4n) is 0.278. The summed E-state index contributed by atoms with van der Waals surface area (Å²) in [5, 5.41) is 10.3. The highest BCUT2D eigenvalue weighted by molar-refractivity contribution is 5.91. The molecule has 0 aliphatic rings. The zero-order valence-electron chi connectivity index (χ0n) is 8.71. The predicted octanol–water partition coefficient (Wildman–Crippen LogP) is -2.43. The first-order valence-corrected chi connectivity index (χ1v) is 3.85. The second kappa shape index (κ2) is 17.9. The van der Waals surface area contributed by atoms with Gasteiger partial charge in [-0.25, -0.2) is 0 Å². The molecule has 9 N–H and O–H groups in total. The molecule has 7 heteroatoms. The lowest BCUT2D eigenvalue weighted by Gasteiger charge is -1.91. The summed E-state index contributed by atoms with van der Waals surface area (Å²) in [5.74, 6) is 12.6. The van der Waals surface area contributed by atoms with Gasteiger partial charge in [0.1, 0.15) is 0 Å². The summed E-state index contributed by atoms with van der Waals surface area (Å²) >= 11 is 0. The molecule has 0 atom stereocenters. The van der Waals surface area contributed by atoms with E-state index in [0.29, 0.717) is 12.1 Å². The molecule has 0 fully saturated rings. The fraction of sp³-hybridized carbons (Fsp3) is 0.571. The number of amides is 1. The SMILES string of the molecule is C=C(C)C(=O)NC.NN.NNCCO. The molecule has 0 bridgehead atoms. The van der Waals surface area contributed by atoms with Crippen molar-refractivity contribution in [3.8, 4) is 0 Å². The topological polar surface area (TPSA) is 139 Å². The zero-order chi connectivity index (χ0) is 12.0. The van der Waals surface area contributed by atoms with Gasteiger partial charge >= 0.3 is 0 Å². The Hall–Kier alpha value is -0.990. The van der Waals surface area contributed by atoms with Crippen LogP contribution >= 0.6 is 0 Å². The van der Waals surface area contributed by atoms with Gasteiger partial charge in [-0.3, -0.25) is 27.7 Å². The molecule has 0 aromatic heterocycles. The van der Waals surface area contributed by atoms with E-state index >= 15 is 0 Å². The molecule has 0 radical (unpaired) electrons. The standard InChI is InChI=1S/C5H9NO.C2H8N2O.H4N2/c1-4(2)5(7)6-3;3-4-1-2-5;1-2/h1H2,2-3H3,(H,6,7);4-5H,1-3H2;1-2H2. The van der Waals surface area contributed by atoms with Crippen LogP contribution < -0.4 is 28.3 Å². The fourth-order valence-corrected chi connectivity index (χ4v) is 0.278. The number of likely N-dealkylation sites (N-methyl/N-ethyl adjacent to an activating group) is 1. The van der Waals surface area contributed by atoms with Crippen molar-refractivity contribution in [3.05, 3.63) is 12.2 Å². The third kappa shape index (κ3) is 22.5. The van der Waals surface area contributed by atoms with Crippen LogP contribution in [0.2, 0.25) is 0 Å². The quantitative estimate of drug-likeness (QED) is 0.173. The van der Waals surface area contributed by atoms with E-state index in [1.54, 1.807) is 14.0 Å². The molecule has 0 saturated carbocycles. The van der Waals surface area contributed by atoms with Crippen molar-refractivity contribution in [2.75, 3.05) is 20.2 Å². The lowest BCUT2D eigenvalue weighted by atomic mass is 10.3. The molecule has 0 aliphatic heterocycles. The van der Waals surface area contributed by atoms with Crippen molar-refractivity contribution in [1.29, 1.82) is 0 Å². The lowest BCUT2D eigenvalue weighted by Crippen LogP contribution is -2.24. The van der Waals surface area contributed by atoms with Crippen LogP contribution in [0.5, 0.6) is 0 Å². The minimum atomic E-state index is -0.0972. The first kappa shape index (κ1) is 18.7. The molecule has 0 aromatic carbocycles. The van der Waals surface area contributed by atoms with E-state index < -0.39 is 0 Å². The van der Waals surface area contributed by atoms with E-state index in [9.17, 15) is 4.79 Å². The monoisotopic (exact) mass is 207 g/mol. The Bertz CT molecular complexity index is 138. The van der Waals surface area contributed by atoms with E-state index in [0.717, 1.165) is 0 Å². The van der Waals surface area contributed by atoms with Gasteiger partial charge in [-0.05, 0) is 6.92 Å². The highest BCUT2D eigenvalue weighted by Gasteiger charge is 1.92. The van der Waals surface area contributed by atoms with E-state index in [4.69, 9.17) is 10.9 Å². The van der Waals surface area contributed by atoms with Crippen molar-refractivity contribution < 1.29 is 9.90 Å². The molecule has 0 aliphatic carbocycles. The first-order chi connectivity index (χ1) is 6.59. The summed E-state index contributed by atoms with van der Waals surface area (Å²) in [6.45, 7) is 5.66. The number of nitrogens with one attached hydrogen (secondary N) is 2. The minimum Gasteiger partial charge on any atom is -0.395 e. The van der Waals surface area contributed by atoms with Crippen LogP contribution in [-0.2, 0) is 4.79 Å². The molecule has 14 heavy (non-hydrogen) atoms. The molecule has 0 unspecified atom stereocenters. The molecule has 0 rings (SSSR count). The van der Waals surface area contributed by atoms with Crippen LogP contribution in [0.15, 0.2) is 12.2 Å². The summed E-state index contributed by atoms with van der Waals surface area (Å²) in [7, 11) is 1.58. The Morgan fingerprint density at radius 1 is 1.50 bits per heavy atom. The summed E-state index contributed by atoms with van der Waals surface area (Å²) in [6, 6.07) is 0. The van der Waals surface area contributed by atoms with E-state index in [2.05, 4.69) is 29.0 Å². The van der Waals surface area contributed by atoms with Crippen molar-refractivity contribution in [2.45, 2.75) is 6.92 Å². The van der Waals surface area contributed by atoms with Crippen molar-refractivity contribution in [1.82, 2.24) is 10.7 Å². The second-order valence-electron chi connectivity index (χ2n) is 2.04. The lowest BCUT2D eigenvalue weighted by molar-refractivity contribution is -0.116. The van der Waals surface area contributed by atoms with Crippen LogP contribution in [0.25, 0.3) is 0 Å². The number of rotatable bonds is 3. The number of hydrazine groups is 2. The molecule has 0 aromatic rings. The maximum Gasteiger partial charge on any atom is 0.246 e. The number of nitrogens with two attached hydrogens (primary N) is 3. The maximum atomic E-state index is 10.3. The molecule has 0 saturated heterocycles. The van der Waals surface area contributed by atoms with Gasteiger partial charge < -0.3 is 10.4 Å². The van der Waals surface area contributed by atoms with Gasteiger partial charge in [-0.2, -0.15) is 0 Å². The molecule has 7 nitrogen and oxygen atoms in total. The largest absolute Gasteiger partial charge is 0.395 e. The van der Waals surface area contributed by atoms with Gasteiger partial charge in [0.05, 0.1) is 6.61 Å². The van der Waals surface area contributed by atoms with E-state index in [-0.39, 0.29) is 12.5 Å².